The molecule has 6 nitrogen and oxygen atoms in total. The summed E-state index contributed by atoms with van der Waals surface area (Å²) in [4.78, 5) is 30.6. The number of thiophene rings is 1. The topological polar surface area (TPSA) is 61.9 Å². The van der Waals surface area contributed by atoms with Crippen LogP contribution in [0.4, 0.5) is 10.5 Å². The second-order valence-electron chi connectivity index (χ2n) is 7.85. The molecule has 3 amide bonds. The van der Waals surface area contributed by atoms with E-state index in [4.69, 9.17) is 4.74 Å². The van der Waals surface area contributed by atoms with Gasteiger partial charge in [0.25, 0.3) is 0 Å². The number of anilines is 1. The van der Waals surface area contributed by atoms with E-state index < -0.39 is 0 Å². The first kappa shape index (κ1) is 19.8. The Bertz CT molecular complexity index is 875. The van der Waals surface area contributed by atoms with Crippen LogP contribution in [-0.4, -0.2) is 42.6 Å². The van der Waals surface area contributed by atoms with Crippen LogP contribution < -0.4 is 15.0 Å². The molecule has 2 aliphatic rings. The Balaban J connectivity index is 1.36. The molecule has 0 radical (unpaired) electrons. The van der Waals surface area contributed by atoms with E-state index in [0.717, 1.165) is 21.9 Å². The number of likely N-dealkylation sites (tertiary alicyclic amines) is 1. The van der Waals surface area contributed by atoms with Crippen molar-refractivity contribution in [1.29, 1.82) is 0 Å². The van der Waals surface area contributed by atoms with Crippen molar-refractivity contribution >= 4 is 29.0 Å². The Morgan fingerprint density at radius 3 is 2.76 bits per heavy atom. The van der Waals surface area contributed by atoms with Crippen molar-refractivity contribution in [3.63, 3.8) is 0 Å². The number of nitrogens with zero attached hydrogens (tertiary/aromatic N) is 2. The third-order valence-corrected chi connectivity index (χ3v) is 6.43. The van der Waals surface area contributed by atoms with Crippen LogP contribution in [0.3, 0.4) is 0 Å². The van der Waals surface area contributed by atoms with Gasteiger partial charge in [0.05, 0.1) is 18.8 Å². The lowest BCUT2D eigenvalue weighted by molar-refractivity contribution is -0.126. The van der Waals surface area contributed by atoms with Gasteiger partial charge in [-0.1, -0.05) is 12.1 Å². The Morgan fingerprint density at radius 2 is 2.03 bits per heavy atom. The van der Waals surface area contributed by atoms with Gasteiger partial charge in [-0.05, 0) is 55.8 Å². The summed E-state index contributed by atoms with van der Waals surface area (Å²) in [6.07, 6.45) is 1.35. The maximum atomic E-state index is 13.2. The fourth-order valence-corrected chi connectivity index (χ4v) is 4.61. The quantitative estimate of drug-likeness (QED) is 0.833. The van der Waals surface area contributed by atoms with Gasteiger partial charge in [-0.2, -0.15) is 0 Å². The second-order valence-corrected chi connectivity index (χ2v) is 8.88. The van der Waals surface area contributed by atoms with Gasteiger partial charge < -0.3 is 15.0 Å². The smallest absolute Gasteiger partial charge is 0.324 e. The van der Waals surface area contributed by atoms with Gasteiger partial charge in [0, 0.05) is 23.9 Å². The number of hydrogen-bond donors (Lipinski definition) is 1. The number of carbonyl (C=O) groups excluding carboxylic acids is 2. The van der Waals surface area contributed by atoms with Crippen molar-refractivity contribution < 1.29 is 14.3 Å². The van der Waals surface area contributed by atoms with Crippen LogP contribution in [0.25, 0.3) is 0 Å². The minimum Gasteiger partial charge on any atom is -0.487 e. The van der Waals surface area contributed by atoms with Crippen LogP contribution in [0, 0.1) is 12.8 Å². The van der Waals surface area contributed by atoms with Crippen LogP contribution in [0.5, 0.6) is 5.75 Å². The average Bonchev–Trinajstić information content (AvgIpc) is 3.25. The molecule has 0 aliphatic carbocycles. The van der Waals surface area contributed by atoms with E-state index in [1.54, 1.807) is 11.3 Å². The number of carbonyl (C=O) groups is 2. The van der Waals surface area contributed by atoms with Gasteiger partial charge in [-0.15, -0.1) is 11.3 Å². The maximum absolute atomic E-state index is 13.2. The van der Waals surface area contributed by atoms with Crippen molar-refractivity contribution in [2.24, 2.45) is 5.92 Å². The molecule has 0 saturated carbocycles. The number of amides is 3. The zero-order valence-corrected chi connectivity index (χ0v) is 17.7. The summed E-state index contributed by atoms with van der Waals surface area (Å²) in [6, 6.07) is 9.95. The third kappa shape index (κ3) is 4.40. The number of fused-ring (bicyclic) bond motifs is 1. The monoisotopic (exact) mass is 413 g/mol. The van der Waals surface area contributed by atoms with Gasteiger partial charge in [0.15, 0.2) is 0 Å². The Morgan fingerprint density at radius 1 is 1.24 bits per heavy atom. The molecule has 1 saturated heterocycles. The van der Waals surface area contributed by atoms with Crippen molar-refractivity contribution in [3.8, 4) is 5.75 Å². The van der Waals surface area contributed by atoms with Crippen molar-refractivity contribution in [2.45, 2.75) is 39.3 Å². The molecule has 3 heterocycles. The Kier molecular flexibility index (Phi) is 5.76. The van der Waals surface area contributed by atoms with E-state index in [1.807, 2.05) is 59.4 Å². The minimum absolute atomic E-state index is 0.00411. The van der Waals surface area contributed by atoms with Crippen LogP contribution in [-0.2, 0) is 11.3 Å². The molecular weight excluding hydrogens is 386 g/mol. The van der Waals surface area contributed by atoms with Gasteiger partial charge >= 0.3 is 6.03 Å². The summed E-state index contributed by atoms with van der Waals surface area (Å²) in [5.74, 6) is 0.814. The lowest BCUT2D eigenvalue weighted by Crippen LogP contribution is -2.52. The van der Waals surface area contributed by atoms with Crippen molar-refractivity contribution in [3.05, 3.63) is 46.2 Å². The number of hydrogen-bond acceptors (Lipinski definition) is 4. The molecule has 2 aromatic rings. The highest BCUT2D eigenvalue weighted by Crippen LogP contribution is 2.35. The first-order valence-corrected chi connectivity index (χ1v) is 11.0. The number of piperidine rings is 1. The molecule has 1 atom stereocenters. The zero-order valence-electron chi connectivity index (χ0n) is 16.9. The SMILES string of the molecule is Cc1ccc2c(c1)N(C(=O)N1CCC(C(=O)NCc3cccs3)CC1)C[C@H](C)O2. The molecule has 1 N–H and O–H groups in total. The normalized spacial score (nSPS) is 19.4. The molecule has 29 heavy (non-hydrogen) atoms. The van der Waals surface area contributed by atoms with E-state index >= 15 is 0 Å². The number of urea groups is 1. The van der Waals surface area contributed by atoms with Crippen LogP contribution >= 0.6 is 11.3 Å². The lowest BCUT2D eigenvalue weighted by Gasteiger charge is -2.39. The highest BCUT2D eigenvalue weighted by molar-refractivity contribution is 7.09. The first-order valence-electron chi connectivity index (χ1n) is 10.1. The molecular formula is C22H27N3O3S. The molecule has 0 unspecified atom stereocenters. The highest BCUT2D eigenvalue weighted by atomic mass is 32.1. The summed E-state index contributed by atoms with van der Waals surface area (Å²) in [7, 11) is 0. The highest BCUT2D eigenvalue weighted by Gasteiger charge is 2.33. The number of aryl methyl sites for hydroxylation is 1. The van der Waals surface area contributed by atoms with E-state index in [1.165, 1.54) is 0 Å². The molecule has 1 aromatic heterocycles. The number of rotatable bonds is 3. The van der Waals surface area contributed by atoms with Gasteiger partial charge in [-0.25, -0.2) is 4.79 Å². The second kappa shape index (κ2) is 8.45. The zero-order chi connectivity index (χ0) is 20.4. The summed E-state index contributed by atoms with van der Waals surface area (Å²) >= 11 is 1.64. The predicted octanol–water partition coefficient (Wildman–Crippen LogP) is 3.79. The molecule has 2 aliphatic heterocycles. The standard InChI is InChI=1S/C22H27N3O3S/c1-15-5-6-20-19(12-15)25(14-16(2)28-20)22(27)24-9-7-17(8-10-24)21(26)23-13-18-4-3-11-29-18/h3-6,11-12,16-17H,7-10,13-14H2,1-2H3,(H,23,26)/t16-/m0/s1. The van der Waals surface area contributed by atoms with E-state index in [-0.39, 0.29) is 24.0 Å². The largest absolute Gasteiger partial charge is 0.487 e. The summed E-state index contributed by atoms with van der Waals surface area (Å²) in [5.41, 5.74) is 1.93. The maximum Gasteiger partial charge on any atom is 0.324 e. The van der Waals surface area contributed by atoms with Gasteiger partial charge in [0.1, 0.15) is 11.9 Å². The molecule has 0 bridgehead atoms. The van der Waals surface area contributed by atoms with Crippen LogP contribution in [0.2, 0.25) is 0 Å². The number of nitrogens with one attached hydrogen (secondary N) is 1. The third-order valence-electron chi connectivity index (χ3n) is 5.56. The molecule has 154 valence electrons. The van der Waals surface area contributed by atoms with E-state index in [0.29, 0.717) is 39.0 Å². The average molecular weight is 414 g/mol. The fraction of sp³-hybridized carbons (Fsp3) is 0.455. The first-order chi connectivity index (χ1) is 14.0. The van der Waals surface area contributed by atoms with Crippen molar-refractivity contribution in [1.82, 2.24) is 10.2 Å². The summed E-state index contributed by atoms with van der Waals surface area (Å²) < 4.78 is 5.90. The lowest BCUT2D eigenvalue weighted by atomic mass is 9.96. The molecule has 7 heteroatoms. The number of benzene rings is 1. The summed E-state index contributed by atoms with van der Waals surface area (Å²) in [6.45, 7) is 6.31. The van der Waals surface area contributed by atoms with Gasteiger partial charge in [0.2, 0.25) is 5.91 Å². The fourth-order valence-electron chi connectivity index (χ4n) is 3.96. The summed E-state index contributed by atoms with van der Waals surface area (Å²) in [5, 5.41) is 5.04. The predicted molar refractivity (Wildman–Crippen MR) is 114 cm³/mol. The van der Waals surface area contributed by atoms with Crippen LogP contribution in [0.15, 0.2) is 35.7 Å². The Labute approximate surface area is 175 Å². The minimum atomic E-state index is -0.0466. The van der Waals surface area contributed by atoms with Crippen LogP contribution in [0.1, 0.15) is 30.2 Å². The van der Waals surface area contributed by atoms with E-state index in [2.05, 4.69) is 5.32 Å². The van der Waals surface area contributed by atoms with Crippen molar-refractivity contribution in [2.75, 3.05) is 24.5 Å². The van der Waals surface area contributed by atoms with Gasteiger partial charge in [-0.3, -0.25) is 9.69 Å². The van der Waals surface area contributed by atoms with E-state index in [9.17, 15) is 9.59 Å². The molecule has 0 spiro atoms. The Hall–Kier alpha value is -2.54. The molecule has 4 rings (SSSR count). The molecule has 1 aromatic carbocycles. The number of ether oxygens (including phenoxy) is 1. The molecule has 1 fully saturated rings.